The SMILES string of the molecule is CC.CN1CN(C)/C(=N\[N+](=O)[O-])N(CC2CCOC2)C1. The number of nitrogens with zero attached hydrogens (tertiary/aromatic N) is 5. The lowest BCUT2D eigenvalue weighted by Gasteiger charge is -2.40. The van der Waals surface area contributed by atoms with Crippen LogP contribution in [0.1, 0.15) is 20.3 Å². The molecule has 2 aliphatic heterocycles. The van der Waals surface area contributed by atoms with Crippen molar-refractivity contribution in [2.24, 2.45) is 11.0 Å². The van der Waals surface area contributed by atoms with Gasteiger partial charge in [0.2, 0.25) is 0 Å². The van der Waals surface area contributed by atoms with Crippen LogP contribution in [0.15, 0.2) is 5.10 Å². The normalized spacial score (nSPS) is 25.6. The molecule has 0 amide bonds. The first-order valence-corrected chi connectivity index (χ1v) is 7.01. The van der Waals surface area contributed by atoms with E-state index in [-0.39, 0.29) is 0 Å². The quantitative estimate of drug-likeness (QED) is 0.561. The van der Waals surface area contributed by atoms with Gasteiger partial charge in [-0.15, -0.1) is 0 Å². The molecular formula is C12H25N5O3. The van der Waals surface area contributed by atoms with Crippen LogP contribution in [-0.2, 0) is 4.74 Å². The Bertz CT molecular complexity index is 344. The molecule has 0 N–H and O–H groups in total. The lowest BCUT2D eigenvalue weighted by atomic mass is 10.1. The van der Waals surface area contributed by atoms with Crippen molar-refractivity contribution < 1.29 is 9.77 Å². The maximum atomic E-state index is 10.6. The Morgan fingerprint density at radius 3 is 2.65 bits per heavy atom. The van der Waals surface area contributed by atoms with E-state index in [2.05, 4.69) is 10.0 Å². The van der Waals surface area contributed by atoms with E-state index in [1.54, 1.807) is 4.90 Å². The van der Waals surface area contributed by atoms with Crippen molar-refractivity contribution in [1.82, 2.24) is 14.7 Å². The molecule has 0 radical (unpaired) electrons. The van der Waals surface area contributed by atoms with Gasteiger partial charge in [0.1, 0.15) is 5.10 Å². The van der Waals surface area contributed by atoms with Crippen LogP contribution in [0.25, 0.3) is 0 Å². The summed E-state index contributed by atoms with van der Waals surface area (Å²) in [6.45, 7) is 7.57. The van der Waals surface area contributed by atoms with E-state index in [1.807, 2.05) is 32.8 Å². The first-order valence-electron chi connectivity index (χ1n) is 7.01. The maximum Gasteiger partial charge on any atom is 0.275 e. The molecule has 1 atom stereocenters. The summed E-state index contributed by atoms with van der Waals surface area (Å²) in [4.78, 5) is 16.4. The third kappa shape index (κ3) is 4.61. The summed E-state index contributed by atoms with van der Waals surface area (Å²) >= 11 is 0. The molecule has 0 aromatic carbocycles. The third-order valence-corrected chi connectivity index (χ3v) is 3.16. The van der Waals surface area contributed by atoms with Crippen LogP contribution in [0.5, 0.6) is 0 Å². The minimum Gasteiger partial charge on any atom is -0.381 e. The van der Waals surface area contributed by atoms with E-state index in [0.29, 0.717) is 25.2 Å². The van der Waals surface area contributed by atoms with E-state index in [4.69, 9.17) is 4.74 Å². The molecule has 2 rings (SSSR count). The fourth-order valence-corrected chi connectivity index (χ4v) is 2.46. The second kappa shape index (κ2) is 8.01. The Labute approximate surface area is 120 Å². The van der Waals surface area contributed by atoms with Crippen molar-refractivity contribution in [1.29, 1.82) is 0 Å². The average molecular weight is 287 g/mol. The fraction of sp³-hybridized carbons (Fsp3) is 0.917. The molecule has 2 heterocycles. The van der Waals surface area contributed by atoms with Gasteiger partial charge in [-0.1, -0.05) is 13.8 Å². The van der Waals surface area contributed by atoms with Crippen LogP contribution in [0.4, 0.5) is 0 Å². The highest BCUT2D eigenvalue weighted by Gasteiger charge is 2.30. The van der Waals surface area contributed by atoms with Gasteiger partial charge in [-0.25, -0.2) is 10.1 Å². The Balaban J connectivity index is 0.000000956. The van der Waals surface area contributed by atoms with Crippen LogP contribution >= 0.6 is 0 Å². The zero-order chi connectivity index (χ0) is 15.1. The van der Waals surface area contributed by atoms with E-state index in [1.165, 1.54) is 0 Å². The Hall–Kier alpha value is -1.41. The van der Waals surface area contributed by atoms with Crippen molar-refractivity contribution in [3.05, 3.63) is 10.1 Å². The predicted octanol–water partition coefficient (Wildman–Crippen LogP) is 0.691. The molecule has 2 fully saturated rings. The Morgan fingerprint density at radius 2 is 2.10 bits per heavy atom. The van der Waals surface area contributed by atoms with Crippen LogP contribution < -0.4 is 0 Å². The predicted molar refractivity (Wildman–Crippen MR) is 76.7 cm³/mol. The molecule has 0 spiro atoms. The molecule has 116 valence electrons. The molecule has 0 aliphatic carbocycles. The van der Waals surface area contributed by atoms with Crippen LogP contribution in [-0.4, -0.2) is 72.9 Å². The summed E-state index contributed by atoms with van der Waals surface area (Å²) in [5.41, 5.74) is 0. The molecule has 2 aliphatic rings. The number of hydrogen-bond donors (Lipinski definition) is 0. The summed E-state index contributed by atoms with van der Waals surface area (Å²) < 4.78 is 5.34. The first kappa shape index (κ1) is 16.6. The van der Waals surface area contributed by atoms with Crippen LogP contribution in [0.3, 0.4) is 0 Å². The third-order valence-electron chi connectivity index (χ3n) is 3.16. The van der Waals surface area contributed by atoms with E-state index < -0.39 is 5.03 Å². The Kier molecular flexibility index (Phi) is 6.66. The number of ether oxygens (including phenoxy) is 1. The maximum absolute atomic E-state index is 10.6. The molecule has 0 aromatic rings. The van der Waals surface area contributed by atoms with Crippen molar-refractivity contribution in [3.63, 3.8) is 0 Å². The van der Waals surface area contributed by atoms with Crippen molar-refractivity contribution in [3.8, 4) is 0 Å². The lowest BCUT2D eigenvalue weighted by molar-refractivity contribution is -0.486. The highest BCUT2D eigenvalue weighted by molar-refractivity contribution is 5.79. The summed E-state index contributed by atoms with van der Waals surface area (Å²) in [5.74, 6) is 0.867. The molecule has 8 nitrogen and oxygen atoms in total. The van der Waals surface area contributed by atoms with Gasteiger partial charge in [0.05, 0.1) is 19.9 Å². The van der Waals surface area contributed by atoms with Gasteiger partial charge >= 0.3 is 0 Å². The summed E-state index contributed by atoms with van der Waals surface area (Å²) in [6.07, 6.45) is 1.01. The molecule has 2 saturated heterocycles. The van der Waals surface area contributed by atoms with Gasteiger partial charge in [0.25, 0.3) is 5.96 Å². The fourth-order valence-electron chi connectivity index (χ4n) is 2.46. The summed E-state index contributed by atoms with van der Waals surface area (Å²) in [6, 6.07) is 0. The van der Waals surface area contributed by atoms with Gasteiger partial charge in [-0.3, -0.25) is 4.90 Å². The monoisotopic (exact) mass is 287 g/mol. The van der Waals surface area contributed by atoms with Gasteiger partial charge in [0, 0.05) is 26.1 Å². The number of hydrogen-bond acceptors (Lipinski definition) is 4. The number of hydrazone groups is 1. The molecule has 1 unspecified atom stereocenters. The molecule has 0 aromatic heterocycles. The number of nitro groups is 1. The minimum absolute atomic E-state index is 0.432. The average Bonchev–Trinajstić information content (AvgIpc) is 2.88. The molecule has 0 bridgehead atoms. The van der Waals surface area contributed by atoms with Crippen LogP contribution in [0, 0.1) is 16.0 Å². The van der Waals surface area contributed by atoms with Gasteiger partial charge in [-0.05, 0) is 13.5 Å². The molecular weight excluding hydrogens is 262 g/mol. The molecule has 0 saturated carbocycles. The standard InChI is InChI=1S/C10H19N5O3.C2H6/c1-12-7-13(2)10(11-15(16)17)14(8-12)5-9-3-4-18-6-9;1-2/h9H,3-8H2,1-2H3;1-2H3/b11-10+;. The van der Waals surface area contributed by atoms with Gasteiger partial charge in [-0.2, -0.15) is 0 Å². The summed E-state index contributed by atoms with van der Waals surface area (Å²) in [5, 5.41) is 13.5. The molecule has 8 heteroatoms. The zero-order valence-corrected chi connectivity index (χ0v) is 12.8. The Morgan fingerprint density at radius 1 is 1.40 bits per heavy atom. The topological polar surface area (TPSA) is 74.5 Å². The van der Waals surface area contributed by atoms with E-state index >= 15 is 0 Å². The zero-order valence-electron chi connectivity index (χ0n) is 12.8. The van der Waals surface area contributed by atoms with Crippen molar-refractivity contribution >= 4 is 5.96 Å². The van der Waals surface area contributed by atoms with Crippen LogP contribution in [0.2, 0.25) is 0 Å². The summed E-state index contributed by atoms with van der Waals surface area (Å²) in [7, 11) is 3.80. The number of guanidine groups is 1. The van der Waals surface area contributed by atoms with Crippen molar-refractivity contribution in [2.45, 2.75) is 20.3 Å². The van der Waals surface area contributed by atoms with Crippen molar-refractivity contribution in [2.75, 3.05) is 47.2 Å². The minimum atomic E-state index is -0.630. The second-order valence-corrected chi connectivity index (χ2v) is 4.93. The van der Waals surface area contributed by atoms with Gasteiger partial charge < -0.3 is 14.5 Å². The highest BCUT2D eigenvalue weighted by atomic mass is 16.7. The largest absolute Gasteiger partial charge is 0.381 e. The number of rotatable bonds is 3. The van der Waals surface area contributed by atoms with E-state index in [0.717, 1.165) is 26.2 Å². The van der Waals surface area contributed by atoms with Gasteiger partial charge in [0.15, 0.2) is 5.03 Å². The lowest BCUT2D eigenvalue weighted by Crippen LogP contribution is -2.57. The smallest absolute Gasteiger partial charge is 0.275 e. The van der Waals surface area contributed by atoms with E-state index in [9.17, 15) is 10.1 Å². The second-order valence-electron chi connectivity index (χ2n) is 4.93. The molecule has 20 heavy (non-hydrogen) atoms. The highest BCUT2D eigenvalue weighted by Crippen LogP contribution is 2.17. The first-order chi connectivity index (χ1) is 9.56.